The molecule has 9 heteroatoms. The highest BCUT2D eigenvalue weighted by atomic mass is 28.4. The minimum atomic E-state index is -2.59. The van der Waals surface area contributed by atoms with Gasteiger partial charge in [0, 0.05) is 41.0 Å². The lowest BCUT2D eigenvalue weighted by Gasteiger charge is -2.31. The van der Waals surface area contributed by atoms with E-state index in [9.17, 15) is 10.1 Å². The van der Waals surface area contributed by atoms with Crippen LogP contribution >= 0.6 is 0 Å². The van der Waals surface area contributed by atoms with Crippen LogP contribution in [0.4, 0.5) is 0 Å². The summed E-state index contributed by atoms with van der Waals surface area (Å²) in [6.07, 6.45) is 0.604. The highest BCUT2D eigenvalue weighted by molar-refractivity contribution is 6.60. The highest BCUT2D eigenvalue weighted by Crippen LogP contribution is 2.15. The Kier molecular flexibility index (Phi) is 7.37. The predicted molar refractivity (Wildman–Crippen MR) is 59.8 cm³/mol. The third kappa shape index (κ3) is 4.51. The molecule has 0 saturated heterocycles. The summed E-state index contributed by atoms with van der Waals surface area (Å²) in [6.45, 7) is 0.375. The summed E-state index contributed by atoms with van der Waals surface area (Å²) in [7, 11) is 3.46. The summed E-state index contributed by atoms with van der Waals surface area (Å²) >= 11 is 0. The van der Waals surface area contributed by atoms with Gasteiger partial charge in [0.1, 0.15) is 0 Å². The van der Waals surface area contributed by atoms with Gasteiger partial charge in [-0.3, -0.25) is 5.28 Å². The van der Waals surface area contributed by atoms with E-state index < -0.39 is 8.80 Å². The molecule has 96 valence electrons. The van der Waals surface area contributed by atoms with Crippen LogP contribution in [0.3, 0.4) is 0 Å². The molecule has 0 aromatic heterocycles. The van der Waals surface area contributed by atoms with E-state index in [1.165, 1.54) is 28.4 Å². The molecular formula is C7H18N3O5Si-. The van der Waals surface area contributed by atoms with E-state index in [0.717, 1.165) is 5.01 Å². The molecule has 0 unspecified atom stereocenters. The smallest absolute Gasteiger partial charge is 0.500 e. The van der Waals surface area contributed by atoms with Crippen LogP contribution in [-0.4, -0.2) is 54.0 Å². The van der Waals surface area contributed by atoms with Crippen LogP contribution in [0, 0.1) is 10.1 Å². The molecule has 0 spiro atoms. The Balaban J connectivity index is 3.99. The molecule has 8 nitrogen and oxygen atoms in total. The van der Waals surface area contributed by atoms with Gasteiger partial charge >= 0.3 is 8.80 Å². The average molecular weight is 252 g/mol. The molecule has 0 atom stereocenters. The second-order valence-corrected chi connectivity index (χ2v) is 6.21. The van der Waals surface area contributed by atoms with E-state index in [0.29, 0.717) is 19.0 Å². The summed E-state index contributed by atoms with van der Waals surface area (Å²) in [6, 6.07) is 0.563. The highest BCUT2D eigenvalue weighted by Gasteiger charge is 2.36. The fourth-order valence-electron chi connectivity index (χ4n) is 1.23. The summed E-state index contributed by atoms with van der Waals surface area (Å²) in [5.41, 5.74) is 0. The number of nitroso groups, excluding NO2 is 1. The number of hydrazine groups is 1. The normalized spacial score (nSPS) is 11.9. The van der Waals surface area contributed by atoms with Crippen LogP contribution in [0.15, 0.2) is 5.29 Å². The lowest BCUT2D eigenvalue weighted by Crippen LogP contribution is -2.43. The lowest BCUT2D eigenvalue weighted by atomic mass is 10.5. The van der Waals surface area contributed by atoms with Crippen molar-refractivity contribution in [2.45, 2.75) is 12.5 Å². The van der Waals surface area contributed by atoms with Crippen molar-refractivity contribution in [2.24, 2.45) is 5.29 Å². The molecule has 0 aromatic rings. The summed E-state index contributed by atoms with van der Waals surface area (Å²) < 4.78 is 15.6. The summed E-state index contributed by atoms with van der Waals surface area (Å²) in [4.78, 5) is 9.93. The second kappa shape index (κ2) is 7.65. The maximum atomic E-state index is 10.8. The van der Waals surface area contributed by atoms with Crippen molar-refractivity contribution in [1.82, 2.24) is 10.3 Å². The molecule has 0 aromatic carbocycles. The minimum Gasteiger partial charge on any atom is -0.724 e. The van der Waals surface area contributed by atoms with E-state index in [-0.39, 0.29) is 5.28 Å². The molecular weight excluding hydrogens is 234 g/mol. The monoisotopic (exact) mass is 252 g/mol. The second-order valence-electron chi connectivity index (χ2n) is 3.11. The Morgan fingerprint density at radius 2 is 1.75 bits per heavy atom. The summed E-state index contributed by atoms with van der Waals surface area (Å²) in [5, 5.41) is 14.1. The van der Waals surface area contributed by atoms with Crippen LogP contribution in [0.5, 0.6) is 0 Å². The van der Waals surface area contributed by atoms with Gasteiger partial charge in [0.25, 0.3) is 0 Å². The Labute approximate surface area is 95.9 Å². The van der Waals surface area contributed by atoms with Crippen molar-refractivity contribution in [2.75, 3.05) is 34.9 Å². The Bertz CT molecular complexity index is 196. The van der Waals surface area contributed by atoms with Gasteiger partial charge in [0.2, 0.25) is 0 Å². The van der Waals surface area contributed by atoms with Crippen LogP contribution in [0.25, 0.3) is 0 Å². The van der Waals surface area contributed by atoms with E-state index >= 15 is 0 Å². The van der Waals surface area contributed by atoms with Gasteiger partial charge in [-0.05, 0) is 6.42 Å². The van der Waals surface area contributed by atoms with Crippen LogP contribution in [0.1, 0.15) is 6.42 Å². The van der Waals surface area contributed by atoms with Gasteiger partial charge in [0.05, 0.1) is 5.29 Å². The third-order valence-corrected chi connectivity index (χ3v) is 5.09. The molecule has 0 aliphatic rings. The number of rotatable bonds is 9. The van der Waals surface area contributed by atoms with Gasteiger partial charge in [-0.1, -0.05) is 0 Å². The molecule has 0 amide bonds. The summed E-state index contributed by atoms with van der Waals surface area (Å²) in [5.74, 6) is 0. The van der Waals surface area contributed by atoms with Gasteiger partial charge in [-0.2, -0.15) is 0 Å². The molecule has 0 N–H and O–H groups in total. The fourth-order valence-corrected chi connectivity index (χ4v) is 2.93. The van der Waals surface area contributed by atoms with Crippen LogP contribution < -0.4 is 0 Å². The number of hydrogen-bond acceptors (Lipinski definition) is 7. The number of hydrogen-bond donors (Lipinski definition) is 0. The Morgan fingerprint density at radius 1 is 1.25 bits per heavy atom. The van der Waals surface area contributed by atoms with Crippen molar-refractivity contribution < 1.29 is 13.3 Å². The molecule has 0 radical (unpaired) electrons. The third-order valence-electron chi connectivity index (χ3n) is 2.26. The SMILES string of the molecule is CO[Si](CCCN(C)N([O-])N=O)(OC)OC. The number of nitrogens with zero attached hydrogens (tertiary/aromatic N) is 3. The molecule has 0 bridgehead atoms. The van der Waals surface area contributed by atoms with E-state index in [1.54, 1.807) is 0 Å². The van der Waals surface area contributed by atoms with Crippen LogP contribution in [0.2, 0.25) is 6.04 Å². The van der Waals surface area contributed by atoms with Crippen molar-refractivity contribution in [1.29, 1.82) is 0 Å². The maximum absolute atomic E-state index is 10.8. The van der Waals surface area contributed by atoms with Gasteiger partial charge in [-0.25, -0.2) is 5.01 Å². The molecule has 0 saturated carbocycles. The van der Waals surface area contributed by atoms with Crippen molar-refractivity contribution in [3.05, 3.63) is 10.1 Å². The fraction of sp³-hybridized carbons (Fsp3) is 1.00. The molecule has 0 rings (SSSR count). The van der Waals surface area contributed by atoms with Gasteiger partial charge < -0.3 is 18.5 Å². The average Bonchev–Trinajstić information content (AvgIpc) is 2.34. The topological polar surface area (TPSA) is 86.7 Å². The zero-order valence-electron chi connectivity index (χ0n) is 10.0. The van der Waals surface area contributed by atoms with Gasteiger partial charge in [-0.15, -0.1) is 4.91 Å². The quantitative estimate of drug-likeness (QED) is 0.337. The van der Waals surface area contributed by atoms with Crippen LogP contribution in [-0.2, 0) is 13.3 Å². The Morgan fingerprint density at radius 3 is 2.12 bits per heavy atom. The minimum absolute atomic E-state index is 0.00432. The first-order valence-corrected chi connectivity index (χ1v) is 6.65. The van der Waals surface area contributed by atoms with Gasteiger partial charge in [0.15, 0.2) is 0 Å². The first-order valence-electron chi connectivity index (χ1n) is 4.72. The molecule has 0 aliphatic carbocycles. The maximum Gasteiger partial charge on any atom is 0.500 e. The first kappa shape index (κ1) is 15.4. The zero-order valence-corrected chi connectivity index (χ0v) is 11.0. The molecule has 16 heavy (non-hydrogen) atoms. The molecule has 0 fully saturated rings. The van der Waals surface area contributed by atoms with E-state index in [1.807, 2.05) is 0 Å². The first-order chi connectivity index (χ1) is 7.55. The van der Waals surface area contributed by atoms with E-state index in [4.69, 9.17) is 13.3 Å². The van der Waals surface area contributed by atoms with Crippen molar-refractivity contribution >= 4 is 8.80 Å². The predicted octanol–water partition coefficient (Wildman–Crippen LogP) is 0.583. The lowest BCUT2D eigenvalue weighted by molar-refractivity contribution is 0.0498. The Hall–Kier alpha value is -0.583. The standard InChI is InChI=1S/C7H18N3O5Si/c1-9(10(12)8-11)6-5-7-16(13-2,14-3)15-4/h5-7H2,1-4H3/q-1. The molecule has 0 heterocycles. The zero-order chi connectivity index (χ0) is 12.6. The van der Waals surface area contributed by atoms with Crippen molar-refractivity contribution in [3.63, 3.8) is 0 Å². The van der Waals surface area contributed by atoms with Crippen molar-refractivity contribution in [3.8, 4) is 0 Å². The molecule has 0 aliphatic heterocycles. The van der Waals surface area contributed by atoms with E-state index in [2.05, 4.69) is 5.29 Å². The largest absolute Gasteiger partial charge is 0.724 e.